The van der Waals surface area contributed by atoms with Gasteiger partial charge in [0, 0.05) is 24.7 Å². The third kappa shape index (κ3) is 2.76. The van der Waals surface area contributed by atoms with Crippen LogP contribution in [-0.2, 0) is 11.3 Å². The average Bonchev–Trinajstić information content (AvgIpc) is 2.48. The fourth-order valence-corrected chi connectivity index (χ4v) is 3.19. The van der Waals surface area contributed by atoms with Crippen molar-refractivity contribution in [2.24, 2.45) is 5.41 Å². The van der Waals surface area contributed by atoms with Gasteiger partial charge in [0.05, 0.1) is 10.9 Å². The Hall–Kier alpha value is -1.94. The Morgan fingerprint density at radius 1 is 1.38 bits per heavy atom. The summed E-state index contributed by atoms with van der Waals surface area (Å²) in [4.78, 5) is 18.2. The smallest absolute Gasteiger partial charge is 0.310 e. The summed E-state index contributed by atoms with van der Waals surface area (Å²) in [7, 11) is 0. The van der Waals surface area contributed by atoms with Gasteiger partial charge in [-0.15, -0.1) is 0 Å². The van der Waals surface area contributed by atoms with Crippen molar-refractivity contribution in [1.29, 1.82) is 0 Å². The summed E-state index contributed by atoms with van der Waals surface area (Å²) in [6.07, 6.45) is 3.50. The van der Waals surface area contributed by atoms with Crippen LogP contribution in [0.4, 0.5) is 0 Å². The van der Waals surface area contributed by atoms with Crippen molar-refractivity contribution < 1.29 is 9.90 Å². The summed E-state index contributed by atoms with van der Waals surface area (Å²) in [5, 5.41) is 10.5. The maximum atomic E-state index is 11.4. The Bertz CT molecular complexity index is 665. The van der Waals surface area contributed by atoms with E-state index in [-0.39, 0.29) is 0 Å². The van der Waals surface area contributed by atoms with E-state index in [9.17, 15) is 9.90 Å². The number of hydrogen-bond acceptors (Lipinski definition) is 3. The highest BCUT2D eigenvalue weighted by Gasteiger charge is 2.37. The van der Waals surface area contributed by atoms with Gasteiger partial charge in [0.1, 0.15) is 0 Å². The van der Waals surface area contributed by atoms with Gasteiger partial charge in [0.2, 0.25) is 0 Å². The van der Waals surface area contributed by atoms with E-state index in [1.807, 2.05) is 25.3 Å². The molecule has 1 fully saturated rings. The second kappa shape index (κ2) is 5.45. The van der Waals surface area contributed by atoms with Crippen molar-refractivity contribution in [2.45, 2.75) is 26.3 Å². The normalized spacial score (nSPS) is 23.3. The summed E-state index contributed by atoms with van der Waals surface area (Å²) < 4.78 is 0. The minimum atomic E-state index is -0.691. The van der Waals surface area contributed by atoms with Crippen LogP contribution in [0.15, 0.2) is 36.5 Å². The number of aliphatic carboxylic acids is 1. The van der Waals surface area contributed by atoms with Crippen molar-refractivity contribution >= 4 is 16.9 Å². The van der Waals surface area contributed by atoms with Gasteiger partial charge in [-0.05, 0) is 37.9 Å². The number of aromatic nitrogens is 1. The molecule has 0 radical (unpaired) electrons. The van der Waals surface area contributed by atoms with Gasteiger partial charge in [-0.25, -0.2) is 0 Å². The second-order valence-electron chi connectivity index (χ2n) is 6.17. The van der Waals surface area contributed by atoms with E-state index in [1.165, 1.54) is 5.56 Å². The zero-order valence-corrected chi connectivity index (χ0v) is 12.2. The van der Waals surface area contributed by atoms with E-state index in [4.69, 9.17) is 0 Å². The van der Waals surface area contributed by atoms with Crippen LogP contribution in [0.25, 0.3) is 10.9 Å². The lowest BCUT2D eigenvalue weighted by Crippen LogP contribution is -2.45. The Kier molecular flexibility index (Phi) is 3.64. The van der Waals surface area contributed by atoms with Gasteiger partial charge >= 0.3 is 5.97 Å². The van der Waals surface area contributed by atoms with Crippen molar-refractivity contribution in [3.8, 4) is 0 Å². The molecule has 0 saturated carbocycles. The lowest BCUT2D eigenvalue weighted by atomic mass is 9.82. The van der Waals surface area contributed by atoms with Gasteiger partial charge in [-0.1, -0.05) is 24.3 Å². The Labute approximate surface area is 124 Å². The van der Waals surface area contributed by atoms with Gasteiger partial charge in [-0.2, -0.15) is 0 Å². The minimum Gasteiger partial charge on any atom is -0.481 e. The van der Waals surface area contributed by atoms with E-state index >= 15 is 0 Å². The molecule has 1 aliphatic rings. The molecule has 0 amide bonds. The summed E-state index contributed by atoms with van der Waals surface area (Å²) in [5.41, 5.74) is 1.56. The van der Waals surface area contributed by atoms with Crippen LogP contribution >= 0.6 is 0 Å². The second-order valence-corrected chi connectivity index (χ2v) is 6.17. The molecule has 2 heterocycles. The number of nitrogens with zero attached hydrogens (tertiary/aromatic N) is 2. The standard InChI is InChI=1S/C17H20N2O2/c1-17(16(20)21)8-4-10-19(12-17)11-14-6-2-5-13-7-3-9-18-15(13)14/h2-3,5-7,9H,4,8,10-12H2,1H3,(H,20,21). The number of carboxylic acids is 1. The third-order valence-electron chi connectivity index (χ3n) is 4.40. The fourth-order valence-electron chi connectivity index (χ4n) is 3.19. The summed E-state index contributed by atoms with van der Waals surface area (Å²) in [6.45, 7) is 4.16. The molecule has 0 spiro atoms. The number of likely N-dealkylation sites (tertiary alicyclic amines) is 1. The van der Waals surface area contributed by atoms with Crippen LogP contribution in [-0.4, -0.2) is 34.0 Å². The predicted octanol–water partition coefficient (Wildman–Crippen LogP) is 2.92. The number of pyridine rings is 1. The highest BCUT2D eigenvalue weighted by atomic mass is 16.4. The Morgan fingerprint density at radius 2 is 2.19 bits per heavy atom. The molecule has 4 nitrogen and oxygen atoms in total. The van der Waals surface area contributed by atoms with Gasteiger partial charge in [0.15, 0.2) is 0 Å². The van der Waals surface area contributed by atoms with Gasteiger partial charge in [-0.3, -0.25) is 14.7 Å². The minimum absolute atomic E-state index is 0.603. The zero-order valence-electron chi connectivity index (χ0n) is 12.2. The first-order valence-electron chi connectivity index (χ1n) is 7.37. The molecular formula is C17H20N2O2. The average molecular weight is 284 g/mol. The van der Waals surface area contributed by atoms with E-state index in [1.54, 1.807) is 0 Å². The molecule has 1 unspecified atom stereocenters. The van der Waals surface area contributed by atoms with E-state index in [0.29, 0.717) is 6.54 Å². The first-order valence-corrected chi connectivity index (χ1v) is 7.37. The predicted molar refractivity (Wildman–Crippen MR) is 82.0 cm³/mol. The number of hydrogen-bond donors (Lipinski definition) is 1. The SMILES string of the molecule is CC1(C(=O)O)CCCN(Cc2cccc3cccnc23)C1. The molecule has 21 heavy (non-hydrogen) atoms. The maximum absolute atomic E-state index is 11.4. The van der Waals surface area contributed by atoms with E-state index in [0.717, 1.165) is 36.8 Å². The summed E-state index contributed by atoms with van der Waals surface area (Å²) in [6, 6.07) is 10.2. The number of fused-ring (bicyclic) bond motifs is 1. The molecule has 4 heteroatoms. The van der Waals surface area contributed by atoms with Crippen molar-refractivity contribution in [2.75, 3.05) is 13.1 Å². The summed E-state index contributed by atoms with van der Waals surface area (Å²) >= 11 is 0. The molecule has 1 aromatic heterocycles. The van der Waals surface area contributed by atoms with Gasteiger partial charge < -0.3 is 5.11 Å². The molecule has 0 bridgehead atoms. The van der Waals surface area contributed by atoms with Gasteiger partial charge in [0.25, 0.3) is 0 Å². The summed E-state index contributed by atoms with van der Waals surface area (Å²) in [5.74, 6) is -0.691. The molecule has 2 aromatic rings. The van der Waals surface area contributed by atoms with Crippen molar-refractivity contribution in [1.82, 2.24) is 9.88 Å². The lowest BCUT2D eigenvalue weighted by Gasteiger charge is -2.37. The number of para-hydroxylation sites is 1. The van der Waals surface area contributed by atoms with Crippen molar-refractivity contribution in [3.63, 3.8) is 0 Å². The van der Waals surface area contributed by atoms with Crippen LogP contribution in [0.5, 0.6) is 0 Å². The highest BCUT2D eigenvalue weighted by Crippen LogP contribution is 2.31. The first kappa shape index (κ1) is 14.0. The number of carbonyl (C=O) groups is 1. The van der Waals surface area contributed by atoms with Crippen LogP contribution in [0.3, 0.4) is 0 Å². The third-order valence-corrected chi connectivity index (χ3v) is 4.40. The molecule has 1 atom stereocenters. The number of rotatable bonds is 3. The molecule has 1 N–H and O–H groups in total. The quantitative estimate of drug-likeness (QED) is 0.941. The topological polar surface area (TPSA) is 53.4 Å². The first-order chi connectivity index (χ1) is 10.1. The molecule has 1 aromatic carbocycles. The van der Waals surface area contributed by atoms with Crippen LogP contribution in [0, 0.1) is 5.41 Å². The van der Waals surface area contributed by atoms with Crippen LogP contribution < -0.4 is 0 Å². The number of benzene rings is 1. The number of piperidine rings is 1. The maximum Gasteiger partial charge on any atom is 0.310 e. The van der Waals surface area contributed by atoms with Crippen LogP contribution in [0.1, 0.15) is 25.3 Å². The monoisotopic (exact) mass is 284 g/mol. The lowest BCUT2D eigenvalue weighted by molar-refractivity contribution is -0.151. The molecule has 0 aliphatic carbocycles. The molecule has 1 saturated heterocycles. The molecule has 1 aliphatic heterocycles. The zero-order chi connectivity index (χ0) is 14.9. The largest absolute Gasteiger partial charge is 0.481 e. The van der Waals surface area contributed by atoms with Crippen LogP contribution in [0.2, 0.25) is 0 Å². The highest BCUT2D eigenvalue weighted by molar-refractivity contribution is 5.81. The Morgan fingerprint density at radius 3 is 3.00 bits per heavy atom. The molecule has 110 valence electrons. The fraction of sp³-hybridized carbons (Fsp3) is 0.412. The molecule has 3 rings (SSSR count). The molecular weight excluding hydrogens is 264 g/mol. The van der Waals surface area contributed by atoms with E-state index in [2.05, 4.69) is 28.1 Å². The Balaban J connectivity index is 1.84. The van der Waals surface area contributed by atoms with E-state index < -0.39 is 11.4 Å². The van der Waals surface area contributed by atoms with Crippen molar-refractivity contribution in [3.05, 3.63) is 42.1 Å². The number of carboxylic acid groups (broad SMARTS) is 1.